The SMILES string of the molecule is Cc1ncc(N)cc1C(=O)OCc1ccc(F)cc1. The zero-order valence-electron chi connectivity index (χ0n) is 10.4. The maximum atomic E-state index is 12.7. The van der Waals surface area contributed by atoms with Gasteiger partial charge in [-0.1, -0.05) is 12.1 Å². The minimum atomic E-state index is -0.498. The van der Waals surface area contributed by atoms with Gasteiger partial charge in [0.1, 0.15) is 12.4 Å². The first kappa shape index (κ1) is 13.0. The summed E-state index contributed by atoms with van der Waals surface area (Å²) in [5.74, 6) is -0.826. The van der Waals surface area contributed by atoms with E-state index in [0.717, 1.165) is 0 Å². The molecule has 1 heterocycles. The lowest BCUT2D eigenvalue weighted by Crippen LogP contribution is -2.09. The van der Waals surface area contributed by atoms with Gasteiger partial charge in [-0.15, -0.1) is 0 Å². The molecule has 0 saturated carbocycles. The highest BCUT2D eigenvalue weighted by Gasteiger charge is 2.12. The van der Waals surface area contributed by atoms with E-state index in [-0.39, 0.29) is 12.4 Å². The number of nitrogens with two attached hydrogens (primary N) is 1. The van der Waals surface area contributed by atoms with E-state index in [2.05, 4.69) is 4.98 Å². The number of esters is 1. The maximum Gasteiger partial charge on any atom is 0.340 e. The molecule has 0 aliphatic rings. The number of nitrogens with zero attached hydrogens (tertiary/aromatic N) is 1. The number of anilines is 1. The summed E-state index contributed by atoms with van der Waals surface area (Å²) in [4.78, 5) is 15.9. The molecule has 1 aromatic heterocycles. The van der Waals surface area contributed by atoms with Crippen LogP contribution in [0.4, 0.5) is 10.1 Å². The quantitative estimate of drug-likeness (QED) is 0.861. The van der Waals surface area contributed by atoms with E-state index in [1.165, 1.54) is 24.4 Å². The fourth-order valence-electron chi connectivity index (χ4n) is 1.56. The van der Waals surface area contributed by atoms with Crippen LogP contribution >= 0.6 is 0 Å². The number of hydrogen-bond acceptors (Lipinski definition) is 4. The molecule has 0 saturated heterocycles. The van der Waals surface area contributed by atoms with Gasteiger partial charge in [-0.2, -0.15) is 0 Å². The van der Waals surface area contributed by atoms with E-state index in [1.54, 1.807) is 19.1 Å². The Kier molecular flexibility index (Phi) is 3.75. The van der Waals surface area contributed by atoms with Crippen molar-refractivity contribution in [1.82, 2.24) is 4.98 Å². The van der Waals surface area contributed by atoms with Gasteiger partial charge in [-0.05, 0) is 30.7 Å². The summed E-state index contributed by atoms with van der Waals surface area (Å²) in [5.41, 5.74) is 7.58. The minimum absolute atomic E-state index is 0.0767. The summed E-state index contributed by atoms with van der Waals surface area (Å²) in [6, 6.07) is 7.28. The maximum absolute atomic E-state index is 12.7. The van der Waals surface area contributed by atoms with Crippen molar-refractivity contribution < 1.29 is 13.9 Å². The molecule has 0 atom stereocenters. The van der Waals surface area contributed by atoms with Crippen LogP contribution in [0, 0.1) is 12.7 Å². The smallest absolute Gasteiger partial charge is 0.340 e. The Morgan fingerprint density at radius 2 is 2.05 bits per heavy atom. The van der Waals surface area contributed by atoms with Crippen molar-refractivity contribution in [3.63, 3.8) is 0 Å². The first-order valence-corrected chi connectivity index (χ1v) is 5.70. The predicted molar refractivity (Wildman–Crippen MR) is 68.9 cm³/mol. The van der Waals surface area contributed by atoms with Crippen molar-refractivity contribution in [3.05, 3.63) is 59.2 Å². The van der Waals surface area contributed by atoms with Gasteiger partial charge in [0.2, 0.25) is 0 Å². The molecule has 98 valence electrons. The van der Waals surface area contributed by atoms with Gasteiger partial charge in [0.05, 0.1) is 23.1 Å². The fraction of sp³-hybridized carbons (Fsp3) is 0.143. The Balaban J connectivity index is 2.05. The van der Waals surface area contributed by atoms with Gasteiger partial charge >= 0.3 is 5.97 Å². The minimum Gasteiger partial charge on any atom is -0.457 e. The zero-order valence-corrected chi connectivity index (χ0v) is 10.4. The average Bonchev–Trinajstić information content (AvgIpc) is 2.40. The van der Waals surface area contributed by atoms with Gasteiger partial charge in [0.15, 0.2) is 0 Å². The van der Waals surface area contributed by atoms with E-state index in [1.807, 2.05) is 0 Å². The molecule has 19 heavy (non-hydrogen) atoms. The van der Waals surface area contributed by atoms with E-state index in [9.17, 15) is 9.18 Å². The highest BCUT2D eigenvalue weighted by Crippen LogP contribution is 2.12. The van der Waals surface area contributed by atoms with Crippen molar-refractivity contribution >= 4 is 11.7 Å². The van der Waals surface area contributed by atoms with E-state index >= 15 is 0 Å². The van der Waals surface area contributed by atoms with Crippen molar-refractivity contribution in [2.24, 2.45) is 0 Å². The van der Waals surface area contributed by atoms with Crippen LogP contribution in [0.25, 0.3) is 0 Å². The molecule has 0 aliphatic carbocycles. The largest absolute Gasteiger partial charge is 0.457 e. The van der Waals surface area contributed by atoms with Crippen molar-refractivity contribution in [2.45, 2.75) is 13.5 Å². The summed E-state index contributed by atoms with van der Waals surface area (Å²) in [6.07, 6.45) is 1.48. The summed E-state index contributed by atoms with van der Waals surface area (Å²) < 4.78 is 17.9. The number of aryl methyl sites for hydroxylation is 1. The number of halogens is 1. The molecule has 0 fully saturated rings. The molecule has 0 radical (unpaired) electrons. The standard InChI is InChI=1S/C14H13FN2O2/c1-9-13(6-12(16)7-17-9)14(18)19-8-10-2-4-11(15)5-3-10/h2-7H,8,16H2,1H3. The molecule has 0 spiro atoms. The zero-order chi connectivity index (χ0) is 13.8. The molecule has 5 heteroatoms. The molecule has 2 aromatic rings. The lowest BCUT2D eigenvalue weighted by molar-refractivity contribution is 0.0471. The number of carbonyl (C=O) groups is 1. The van der Waals surface area contributed by atoms with Crippen LogP contribution in [0.1, 0.15) is 21.6 Å². The van der Waals surface area contributed by atoms with Crippen molar-refractivity contribution in [2.75, 3.05) is 5.73 Å². The Morgan fingerprint density at radius 3 is 2.74 bits per heavy atom. The number of nitrogen functional groups attached to an aromatic ring is 1. The lowest BCUT2D eigenvalue weighted by Gasteiger charge is -2.07. The van der Waals surface area contributed by atoms with Crippen LogP contribution in [0.3, 0.4) is 0 Å². The number of benzene rings is 1. The predicted octanol–water partition coefficient (Wildman–Crippen LogP) is 2.47. The summed E-state index contributed by atoms with van der Waals surface area (Å²) in [5, 5.41) is 0. The number of hydrogen-bond donors (Lipinski definition) is 1. The molecular weight excluding hydrogens is 247 g/mol. The molecule has 0 amide bonds. The Morgan fingerprint density at radius 1 is 1.37 bits per heavy atom. The Labute approximate surface area is 110 Å². The fourth-order valence-corrected chi connectivity index (χ4v) is 1.56. The third-order valence-corrected chi connectivity index (χ3v) is 2.61. The van der Waals surface area contributed by atoms with Crippen LogP contribution in [-0.2, 0) is 11.3 Å². The van der Waals surface area contributed by atoms with Crippen LogP contribution in [-0.4, -0.2) is 11.0 Å². The monoisotopic (exact) mass is 260 g/mol. The van der Waals surface area contributed by atoms with E-state index in [4.69, 9.17) is 10.5 Å². The number of ether oxygens (including phenoxy) is 1. The number of pyridine rings is 1. The highest BCUT2D eigenvalue weighted by atomic mass is 19.1. The molecule has 2 N–H and O–H groups in total. The number of aromatic nitrogens is 1. The molecule has 0 unspecified atom stereocenters. The summed E-state index contributed by atoms with van der Waals surface area (Å²) in [7, 11) is 0. The van der Waals surface area contributed by atoms with Gasteiger partial charge < -0.3 is 10.5 Å². The van der Waals surface area contributed by atoms with E-state index in [0.29, 0.717) is 22.5 Å². The Hall–Kier alpha value is -2.43. The third kappa shape index (κ3) is 3.28. The molecule has 4 nitrogen and oxygen atoms in total. The average molecular weight is 260 g/mol. The Bertz CT molecular complexity index is 597. The van der Waals surface area contributed by atoms with Gasteiger partial charge in [-0.25, -0.2) is 9.18 Å². The molecule has 0 bridgehead atoms. The third-order valence-electron chi connectivity index (χ3n) is 2.61. The molecule has 0 aliphatic heterocycles. The van der Waals surface area contributed by atoms with Gasteiger partial charge in [0, 0.05) is 0 Å². The molecule has 2 rings (SSSR count). The van der Waals surface area contributed by atoms with Crippen LogP contribution in [0.5, 0.6) is 0 Å². The van der Waals surface area contributed by atoms with Gasteiger partial charge in [0.25, 0.3) is 0 Å². The van der Waals surface area contributed by atoms with Crippen molar-refractivity contribution in [1.29, 1.82) is 0 Å². The second-order valence-corrected chi connectivity index (χ2v) is 4.10. The van der Waals surface area contributed by atoms with Crippen LogP contribution in [0.2, 0.25) is 0 Å². The molecular formula is C14H13FN2O2. The number of carbonyl (C=O) groups excluding carboxylic acids is 1. The van der Waals surface area contributed by atoms with Crippen LogP contribution < -0.4 is 5.73 Å². The summed E-state index contributed by atoms with van der Waals surface area (Å²) in [6.45, 7) is 1.78. The summed E-state index contributed by atoms with van der Waals surface area (Å²) >= 11 is 0. The topological polar surface area (TPSA) is 65.2 Å². The number of rotatable bonds is 3. The second-order valence-electron chi connectivity index (χ2n) is 4.10. The first-order chi connectivity index (χ1) is 9.06. The molecule has 1 aromatic carbocycles. The highest BCUT2D eigenvalue weighted by molar-refractivity contribution is 5.91. The van der Waals surface area contributed by atoms with Crippen LogP contribution in [0.15, 0.2) is 36.5 Å². The lowest BCUT2D eigenvalue weighted by atomic mass is 10.2. The van der Waals surface area contributed by atoms with Crippen molar-refractivity contribution in [3.8, 4) is 0 Å². The van der Waals surface area contributed by atoms with E-state index < -0.39 is 5.97 Å². The van der Waals surface area contributed by atoms with Gasteiger partial charge in [-0.3, -0.25) is 4.98 Å². The normalized spacial score (nSPS) is 10.2. The first-order valence-electron chi connectivity index (χ1n) is 5.70. The second kappa shape index (κ2) is 5.48.